The van der Waals surface area contributed by atoms with E-state index in [-0.39, 0.29) is 13.2 Å². The SMILES string of the molecule is COc1ccc(OCCN(C)C(=O)OCC(F)(F)F)cc1. The maximum absolute atomic E-state index is 11.9. The van der Waals surface area contributed by atoms with Gasteiger partial charge in [0.25, 0.3) is 0 Å². The van der Waals surface area contributed by atoms with Crippen LogP contribution < -0.4 is 9.47 Å². The number of hydrogen-bond acceptors (Lipinski definition) is 4. The van der Waals surface area contributed by atoms with E-state index in [0.29, 0.717) is 11.5 Å². The first-order chi connectivity index (χ1) is 9.81. The van der Waals surface area contributed by atoms with Gasteiger partial charge in [-0.15, -0.1) is 0 Å². The molecule has 0 aliphatic rings. The minimum absolute atomic E-state index is 0.0999. The third-order valence-corrected chi connectivity index (χ3v) is 2.43. The van der Waals surface area contributed by atoms with Crippen molar-refractivity contribution in [1.29, 1.82) is 0 Å². The van der Waals surface area contributed by atoms with E-state index in [9.17, 15) is 18.0 Å². The van der Waals surface area contributed by atoms with Crippen LogP contribution in [0.3, 0.4) is 0 Å². The van der Waals surface area contributed by atoms with Gasteiger partial charge in [0.1, 0.15) is 18.1 Å². The molecule has 0 fully saturated rings. The molecule has 21 heavy (non-hydrogen) atoms. The maximum atomic E-state index is 11.9. The Morgan fingerprint density at radius 1 is 1.19 bits per heavy atom. The fraction of sp³-hybridized carbons (Fsp3) is 0.462. The van der Waals surface area contributed by atoms with Crippen LogP contribution in [0.5, 0.6) is 11.5 Å². The first-order valence-corrected chi connectivity index (χ1v) is 6.03. The smallest absolute Gasteiger partial charge is 0.422 e. The van der Waals surface area contributed by atoms with Gasteiger partial charge in [0.15, 0.2) is 6.61 Å². The molecule has 1 aromatic carbocycles. The third kappa shape index (κ3) is 6.73. The molecular weight excluding hydrogens is 291 g/mol. The number of benzene rings is 1. The van der Waals surface area contributed by atoms with Gasteiger partial charge in [-0.25, -0.2) is 4.79 Å². The minimum Gasteiger partial charge on any atom is -0.497 e. The highest BCUT2D eigenvalue weighted by atomic mass is 19.4. The van der Waals surface area contributed by atoms with E-state index in [1.54, 1.807) is 24.3 Å². The summed E-state index contributed by atoms with van der Waals surface area (Å²) in [6.07, 6.45) is -5.58. The summed E-state index contributed by atoms with van der Waals surface area (Å²) in [5.41, 5.74) is 0. The average Bonchev–Trinajstić information content (AvgIpc) is 2.44. The van der Waals surface area contributed by atoms with Crippen molar-refractivity contribution >= 4 is 6.09 Å². The second-order valence-electron chi connectivity index (χ2n) is 4.12. The molecule has 0 atom stereocenters. The van der Waals surface area contributed by atoms with E-state index in [1.165, 1.54) is 14.2 Å². The van der Waals surface area contributed by atoms with Gasteiger partial charge in [-0.05, 0) is 24.3 Å². The highest BCUT2D eigenvalue weighted by Gasteiger charge is 2.30. The molecule has 0 bridgehead atoms. The molecule has 0 N–H and O–H groups in total. The van der Waals surface area contributed by atoms with Crippen molar-refractivity contribution in [2.45, 2.75) is 6.18 Å². The van der Waals surface area contributed by atoms with Crippen LogP contribution in [0.4, 0.5) is 18.0 Å². The highest BCUT2D eigenvalue weighted by molar-refractivity contribution is 5.67. The number of carbonyl (C=O) groups excluding carboxylic acids is 1. The molecule has 0 spiro atoms. The first kappa shape index (κ1) is 16.9. The van der Waals surface area contributed by atoms with Crippen molar-refractivity contribution in [3.63, 3.8) is 0 Å². The molecule has 1 amide bonds. The quantitative estimate of drug-likeness (QED) is 0.811. The van der Waals surface area contributed by atoms with Crippen molar-refractivity contribution in [2.75, 3.05) is 33.9 Å². The van der Waals surface area contributed by atoms with Crippen molar-refractivity contribution in [3.8, 4) is 11.5 Å². The number of likely N-dealkylation sites (N-methyl/N-ethyl adjacent to an activating group) is 1. The van der Waals surface area contributed by atoms with Crippen LogP contribution in [0.2, 0.25) is 0 Å². The standard InChI is InChI=1S/C13H16F3NO4/c1-17(12(18)21-9-13(14,15)16)7-8-20-11-5-3-10(19-2)4-6-11/h3-6H,7-9H2,1-2H3. The summed E-state index contributed by atoms with van der Waals surface area (Å²) < 4.78 is 50.1. The number of hydrogen-bond donors (Lipinski definition) is 0. The lowest BCUT2D eigenvalue weighted by Crippen LogP contribution is -2.33. The van der Waals surface area contributed by atoms with Crippen LogP contribution in [0.25, 0.3) is 0 Å². The second-order valence-corrected chi connectivity index (χ2v) is 4.12. The largest absolute Gasteiger partial charge is 0.497 e. The molecular formula is C13H16F3NO4. The molecule has 0 aliphatic heterocycles. The summed E-state index contributed by atoms with van der Waals surface area (Å²) in [6.45, 7) is -1.37. The predicted molar refractivity (Wildman–Crippen MR) is 68.5 cm³/mol. The zero-order valence-corrected chi connectivity index (χ0v) is 11.6. The molecule has 0 saturated carbocycles. The van der Waals surface area contributed by atoms with Crippen molar-refractivity contribution in [1.82, 2.24) is 4.90 Å². The average molecular weight is 307 g/mol. The Morgan fingerprint density at radius 3 is 2.29 bits per heavy atom. The van der Waals surface area contributed by atoms with Gasteiger partial charge in [0.2, 0.25) is 0 Å². The van der Waals surface area contributed by atoms with E-state index < -0.39 is 18.9 Å². The number of methoxy groups -OCH3 is 1. The fourth-order valence-corrected chi connectivity index (χ4v) is 1.32. The second kappa shape index (κ2) is 7.61. The zero-order valence-electron chi connectivity index (χ0n) is 11.6. The topological polar surface area (TPSA) is 48.0 Å². The predicted octanol–water partition coefficient (Wildman–Crippen LogP) is 2.70. The molecule has 8 heteroatoms. The Kier molecular flexibility index (Phi) is 6.13. The van der Waals surface area contributed by atoms with Gasteiger partial charge in [-0.1, -0.05) is 0 Å². The third-order valence-electron chi connectivity index (χ3n) is 2.43. The monoisotopic (exact) mass is 307 g/mol. The van der Waals surface area contributed by atoms with E-state index in [1.807, 2.05) is 0 Å². The van der Waals surface area contributed by atoms with Crippen molar-refractivity contribution in [3.05, 3.63) is 24.3 Å². The summed E-state index contributed by atoms with van der Waals surface area (Å²) >= 11 is 0. The summed E-state index contributed by atoms with van der Waals surface area (Å²) in [6, 6.07) is 6.77. The van der Waals surface area contributed by atoms with E-state index in [4.69, 9.17) is 9.47 Å². The normalized spacial score (nSPS) is 10.9. The van der Waals surface area contributed by atoms with Crippen LogP contribution in [0, 0.1) is 0 Å². The Bertz CT molecular complexity index is 448. The molecule has 0 unspecified atom stereocenters. The fourth-order valence-electron chi connectivity index (χ4n) is 1.32. The van der Waals surface area contributed by atoms with Crippen molar-refractivity contribution < 1.29 is 32.2 Å². The lowest BCUT2D eigenvalue weighted by molar-refractivity contribution is -0.162. The number of rotatable bonds is 6. The number of ether oxygens (including phenoxy) is 3. The molecule has 0 aliphatic carbocycles. The Labute approximate surface area is 120 Å². The molecule has 0 aromatic heterocycles. The first-order valence-electron chi connectivity index (χ1n) is 6.03. The number of amides is 1. The van der Waals surface area contributed by atoms with Gasteiger partial charge >= 0.3 is 12.3 Å². The van der Waals surface area contributed by atoms with Crippen LogP contribution in [0.1, 0.15) is 0 Å². The lowest BCUT2D eigenvalue weighted by Gasteiger charge is -2.17. The number of carbonyl (C=O) groups is 1. The molecule has 1 rings (SSSR count). The minimum atomic E-state index is -4.53. The van der Waals surface area contributed by atoms with Crippen molar-refractivity contribution in [2.24, 2.45) is 0 Å². The number of halogens is 3. The molecule has 0 heterocycles. The van der Waals surface area contributed by atoms with Gasteiger partial charge in [-0.3, -0.25) is 0 Å². The molecule has 118 valence electrons. The summed E-state index contributed by atoms with van der Waals surface area (Å²) in [5, 5.41) is 0. The van der Waals surface area contributed by atoms with Gasteiger partial charge in [-0.2, -0.15) is 13.2 Å². The van der Waals surface area contributed by atoms with E-state index in [2.05, 4.69) is 4.74 Å². The lowest BCUT2D eigenvalue weighted by atomic mass is 10.3. The molecule has 0 radical (unpaired) electrons. The van der Waals surface area contributed by atoms with E-state index in [0.717, 1.165) is 4.90 Å². The maximum Gasteiger partial charge on any atom is 0.422 e. The number of nitrogens with zero attached hydrogens (tertiary/aromatic N) is 1. The molecule has 0 saturated heterocycles. The Hall–Kier alpha value is -2.12. The zero-order chi connectivity index (χ0) is 15.9. The summed E-state index contributed by atoms with van der Waals surface area (Å²) in [7, 11) is 2.87. The Balaban J connectivity index is 2.28. The highest BCUT2D eigenvalue weighted by Crippen LogP contribution is 2.17. The Morgan fingerprint density at radius 2 is 1.76 bits per heavy atom. The van der Waals surface area contributed by atoms with Crippen LogP contribution in [0.15, 0.2) is 24.3 Å². The van der Waals surface area contributed by atoms with Crippen LogP contribution in [-0.4, -0.2) is 51.1 Å². The van der Waals surface area contributed by atoms with Crippen LogP contribution >= 0.6 is 0 Å². The number of alkyl halides is 3. The van der Waals surface area contributed by atoms with Gasteiger partial charge in [0, 0.05) is 7.05 Å². The van der Waals surface area contributed by atoms with Gasteiger partial charge < -0.3 is 19.1 Å². The molecule has 1 aromatic rings. The van der Waals surface area contributed by atoms with Gasteiger partial charge in [0.05, 0.1) is 13.7 Å². The van der Waals surface area contributed by atoms with E-state index >= 15 is 0 Å². The molecule has 5 nitrogen and oxygen atoms in total. The summed E-state index contributed by atoms with van der Waals surface area (Å²) in [5.74, 6) is 1.24. The summed E-state index contributed by atoms with van der Waals surface area (Å²) in [4.78, 5) is 12.3. The van der Waals surface area contributed by atoms with Crippen LogP contribution in [-0.2, 0) is 4.74 Å².